The fraction of sp³-hybridized carbons (Fsp3) is 0.111. The molecule has 2 heterocycles. The Morgan fingerprint density at radius 1 is 0.627 bits per heavy atom. The van der Waals surface area contributed by atoms with E-state index in [2.05, 4.69) is 20.8 Å². The number of ketones is 3. The van der Waals surface area contributed by atoms with Crippen LogP contribution in [0.2, 0.25) is 0 Å². The molecule has 0 aromatic heterocycles. The summed E-state index contributed by atoms with van der Waals surface area (Å²) in [6.45, 7) is 2.92. The van der Waals surface area contributed by atoms with Crippen LogP contribution >= 0.6 is 0 Å². The molecule has 4 aromatic rings. The van der Waals surface area contributed by atoms with E-state index in [9.17, 15) is 37.2 Å². The molecule has 0 radical (unpaired) electrons. The summed E-state index contributed by atoms with van der Waals surface area (Å²) >= 11 is 0. The van der Waals surface area contributed by atoms with Crippen LogP contribution in [0.5, 0.6) is 0 Å². The Kier molecular flexibility index (Phi) is 9.22. The molecular weight excluding hydrogens is 676 g/mol. The number of hydrogen-bond acceptors (Lipinski definition) is 11. The van der Waals surface area contributed by atoms with Gasteiger partial charge in [-0.05, 0) is 86.6 Å². The van der Waals surface area contributed by atoms with E-state index in [1.54, 1.807) is 60.7 Å². The van der Waals surface area contributed by atoms with E-state index in [1.165, 1.54) is 67.4 Å². The second-order valence-corrected chi connectivity index (χ2v) is 13.4. The molecule has 0 aliphatic carbocycles. The SMILES string of the molecule is CC1=NN(c2ccccc2)C(C(=O)C(=O)Nc2ccc(S(=O)(=O)c3ccc(NC(=O)C(=O)C4C(=O)N(c5ccccc5)N=C4C)cc3)cc2)C1=O. The lowest BCUT2D eigenvalue weighted by molar-refractivity contribution is -0.138. The second-order valence-electron chi connectivity index (χ2n) is 11.5. The highest BCUT2D eigenvalue weighted by molar-refractivity contribution is 7.91. The maximum atomic E-state index is 13.3. The Labute approximate surface area is 291 Å². The molecule has 6 rings (SSSR count). The average Bonchev–Trinajstić information content (AvgIpc) is 3.61. The van der Waals surface area contributed by atoms with E-state index in [1.807, 2.05) is 0 Å². The monoisotopic (exact) mass is 704 g/mol. The van der Waals surface area contributed by atoms with Crippen LogP contribution in [-0.2, 0) is 38.6 Å². The zero-order valence-corrected chi connectivity index (χ0v) is 27.8. The Balaban J connectivity index is 1.08. The smallest absolute Gasteiger partial charge is 0.294 e. The van der Waals surface area contributed by atoms with Gasteiger partial charge in [-0.15, -0.1) is 0 Å². The fourth-order valence-electron chi connectivity index (χ4n) is 5.43. The van der Waals surface area contributed by atoms with Crippen LogP contribution in [0.25, 0.3) is 0 Å². The number of hydrazone groups is 2. The van der Waals surface area contributed by atoms with Crippen molar-refractivity contribution in [3.63, 3.8) is 0 Å². The maximum Gasteiger partial charge on any atom is 0.294 e. The third-order valence-corrected chi connectivity index (χ3v) is 9.85. The Bertz CT molecular complexity index is 2260. The Hall–Kier alpha value is -6.61. The minimum Gasteiger partial charge on any atom is -0.319 e. The third kappa shape index (κ3) is 6.69. The number of nitrogens with zero attached hydrogens (tertiary/aromatic N) is 4. The van der Waals surface area contributed by atoms with E-state index in [-0.39, 0.29) is 32.6 Å². The number of carbonyl (C=O) groups excluding carboxylic acids is 6. The standard InChI is InChI=1S/C36H28N6O8S/c1-21-29(36(48)42(39-21)26-11-7-4-8-12-26)32(44)34(46)37-23-13-17-27(18-14-23)51(49,50)28-19-15-24(16-20-28)38-35(47)33(45)30-31(43)22(2)40-41(30)25-9-5-3-6-10-25/h3-20,29-30H,1-2H3,(H,37,46)(H,38,47). The molecule has 2 aliphatic heterocycles. The molecule has 2 atom stereocenters. The second kappa shape index (κ2) is 13.7. The predicted molar refractivity (Wildman–Crippen MR) is 187 cm³/mol. The van der Waals surface area contributed by atoms with E-state index < -0.39 is 56.9 Å². The summed E-state index contributed by atoms with van der Waals surface area (Å²) in [5.74, 6) is -6.89. The number of Topliss-reactive ketones (excluding diaryl/α,β-unsaturated/α-hetero) is 3. The molecule has 0 saturated heterocycles. The number of anilines is 4. The maximum absolute atomic E-state index is 13.3. The molecular formula is C36H28N6O8S. The van der Waals surface area contributed by atoms with Crippen molar-refractivity contribution >= 4 is 79.1 Å². The van der Waals surface area contributed by atoms with Crippen molar-refractivity contribution in [2.24, 2.45) is 16.1 Å². The van der Waals surface area contributed by atoms with Crippen molar-refractivity contribution < 1.29 is 37.2 Å². The van der Waals surface area contributed by atoms with E-state index in [4.69, 9.17) is 0 Å². The first-order chi connectivity index (χ1) is 24.4. The largest absolute Gasteiger partial charge is 0.319 e. The van der Waals surface area contributed by atoms with Gasteiger partial charge in [0.25, 0.3) is 23.5 Å². The normalized spacial score (nSPS) is 17.1. The van der Waals surface area contributed by atoms with Crippen LogP contribution in [-0.4, -0.2) is 61.0 Å². The van der Waals surface area contributed by atoms with Gasteiger partial charge in [-0.2, -0.15) is 15.2 Å². The van der Waals surface area contributed by atoms with Gasteiger partial charge in [0.15, 0.2) is 6.04 Å². The van der Waals surface area contributed by atoms with E-state index in [0.717, 1.165) is 5.01 Å². The van der Waals surface area contributed by atoms with E-state index >= 15 is 0 Å². The summed E-state index contributed by atoms with van der Waals surface area (Å²) in [7, 11) is -4.08. The molecule has 0 bridgehead atoms. The van der Waals surface area contributed by atoms with Crippen molar-refractivity contribution in [2.45, 2.75) is 29.7 Å². The van der Waals surface area contributed by atoms with Crippen molar-refractivity contribution in [1.29, 1.82) is 0 Å². The number of nitrogens with one attached hydrogen (secondary N) is 2. The molecule has 4 aromatic carbocycles. The summed E-state index contributed by atoms with van der Waals surface area (Å²) in [6, 6.07) is 25.5. The van der Waals surface area contributed by atoms with Gasteiger partial charge in [0.2, 0.25) is 21.4 Å². The number of sulfone groups is 1. The Morgan fingerprint density at radius 3 is 1.61 bits per heavy atom. The van der Waals surface area contributed by atoms with Crippen molar-refractivity contribution in [1.82, 2.24) is 0 Å². The van der Waals surface area contributed by atoms with Gasteiger partial charge in [0.05, 0.1) is 26.9 Å². The lowest BCUT2D eigenvalue weighted by Crippen LogP contribution is -2.46. The Morgan fingerprint density at radius 2 is 1.10 bits per heavy atom. The molecule has 256 valence electrons. The number of carbonyl (C=O) groups is 6. The summed E-state index contributed by atoms with van der Waals surface area (Å²) in [5, 5.41) is 15.3. The minimum absolute atomic E-state index is 0.0738. The van der Waals surface area contributed by atoms with Gasteiger partial charge in [-0.3, -0.25) is 28.8 Å². The van der Waals surface area contributed by atoms with Crippen molar-refractivity contribution in [3.05, 3.63) is 109 Å². The summed E-state index contributed by atoms with van der Waals surface area (Å²) in [6.07, 6.45) is 0. The highest BCUT2D eigenvalue weighted by Gasteiger charge is 2.44. The van der Waals surface area contributed by atoms with Gasteiger partial charge in [-0.25, -0.2) is 13.4 Å². The number of rotatable bonds is 10. The zero-order chi connectivity index (χ0) is 36.4. The van der Waals surface area contributed by atoms with Crippen molar-refractivity contribution in [3.8, 4) is 0 Å². The molecule has 14 nitrogen and oxygen atoms in total. The van der Waals surface area contributed by atoms with Crippen LogP contribution in [0.4, 0.5) is 22.7 Å². The molecule has 0 saturated carbocycles. The summed E-state index contributed by atoms with van der Waals surface area (Å²) in [4.78, 5) is 77.1. The van der Waals surface area contributed by atoms with Crippen LogP contribution in [0.15, 0.2) is 129 Å². The first-order valence-corrected chi connectivity index (χ1v) is 16.9. The molecule has 0 spiro atoms. The van der Waals surface area contributed by atoms with Crippen LogP contribution in [0.1, 0.15) is 13.8 Å². The van der Waals surface area contributed by atoms with Gasteiger partial charge < -0.3 is 10.6 Å². The third-order valence-electron chi connectivity index (χ3n) is 8.06. The zero-order valence-electron chi connectivity index (χ0n) is 27.0. The number of hydrogen-bond donors (Lipinski definition) is 2. The minimum atomic E-state index is -4.08. The van der Waals surface area contributed by atoms with E-state index in [0.29, 0.717) is 11.4 Å². The quantitative estimate of drug-likeness (QED) is 0.184. The van der Waals surface area contributed by atoms with Gasteiger partial charge in [0, 0.05) is 11.4 Å². The summed E-state index contributed by atoms with van der Waals surface area (Å²) < 4.78 is 26.7. The van der Waals surface area contributed by atoms with Gasteiger partial charge in [-0.1, -0.05) is 36.4 Å². The molecule has 3 amide bonds. The van der Waals surface area contributed by atoms with Crippen LogP contribution in [0.3, 0.4) is 0 Å². The lowest BCUT2D eigenvalue weighted by atomic mass is 9.98. The first kappa shape index (κ1) is 34.3. The topological polar surface area (TPSA) is 192 Å². The molecule has 51 heavy (non-hydrogen) atoms. The molecule has 15 heteroatoms. The van der Waals surface area contributed by atoms with Crippen LogP contribution in [0, 0.1) is 5.92 Å². The molecule has 0 fully saturated rings. The predicted octanol–water partition coefficient (Wildman–Crippen LogP) is 3.41. The average molecular weight is 705 g/mol. The lowest BCUT2D eigenvalue weighted by Gasteiger charge is -2.20. The first-order valence-electron chi connectivity index (χ1n) is 15.4. The van der Waals surface area contributed by atoms with Gasteiger partial charge in [0.1, 0.15) is 11.6 Å². The van der Waals surface area contributed by atoms with Crippen molar-refractivity contribution in [2.75, 3.05) is 20.7 Å². The van der Waals surface area contributed by atoms with Gasteiger partial charge >= 0.3 is 0 Å². The molecule has 2 N–H and O–H groups in total. The highest BCUT2D eigenvalue weighted by atomic mass is 32.2. The van der Waals surface area contributed by atoms with Crippen LogP contribution < -0.4 is 20.7 Å². The highest BCUT2D eigenvalue weighted by Crippen LogP contribution is 2.27. The number of para-hydroxylation sites is 2. The summed E-state index contributed by atoms with van der Waals surface area (Å²) in [5.41, 5.74) is 1.35. The number of benzene rings is 4. The number of amides is 3. The fourth-order valence-corrected chi connectivity index (χ4v) is 6.69. The molecule has 2 aliphatic rings. The molecule has 2 unspecified atom stereocenters.